The predicted octanol–water partition coefficient (Wildman–Crippen LogP) is 3.25. The lowest BCUT2D eigenvalue weighted by Crippen LogP contribution is -2.03. The fourth-order valence-electron chi connectivity index (χ4n) is 2.64. The molecule has 0 atom stereocenters. The number of nitrogens with zero attached hydrogens (tertiary/aromatic N) is 2. The van der Waals surface area contributed by atoms with Crippen LogP contribution in [0.25, 0.3) is 4.96 Å². The maximum Gasteiger partial charge on any atom is 0.194 e. The molecular weight excluding hydrogens is 270 g/mol. The zero-order chi connectivity index (χ0) is 13.5. The minimum absolute atomic E-state index is 0.781. The molecule has 3 aromatic rings. The molecule has 1 aliphatic rings. The number of nitrogens with one attached hydrogen (secondary N) is 1. The van der Waals surface area contributed by atoms with Crippen LogP contribution in [0.3, 0.4) is 0 Å². The molecule has 1 N–H and O–H groups in total. The fourth-order valence-corrected chi connectivity index (χ4v) is 3.41. The summed E-state index contributed by atoms with van der Waals surface area (Å²) in [6.45, 7) is 3.65. The molecule has 1 aromatic carbocycles. The van der Waals surface area contributed by atoms with Crippen molar-refractivity contribution in [1.29, 1.82) is 0 Å². The maximum atomic E-state index is 5.53. The third kappa shape index (κ3) is 1.86. The summed E-state index contributed by atoms with van der Waals surface area (Å²) in [4.78, 5) is 5.62. The van der Waals surface area contributed by atoms with E-state index in [9.17, 15) is 0 Å². The Morgan fingerprint density at radius 1 is 1.45 bits per heavy atom. The first-order valence-corrected chi connectivity index (χ1v) is 7.60. The summed E-state index contributed by atoms with van der Waals surface area (Å²) in [5.74, 6) is 1.02. The summed E-state index contributed by atoms with van der Waals surface area (Å²) < 4.78 is 7.69. The Balaban J connectivity index is 1.58. The van der Waals surface area contributed by atoms with Crippen LogP contribution in [-0.4, -0.2) is 16.0 Å². The monoisotopic (exact) mass is 285 g/mol. The standard InChI is InChI=1S/C15H15N3OS/c1-10-13(18-5-7-20-15(18)17-10)9-16-12-2-3-14-11(8-12)4-6-19-14/h2-3,5,7-8,16H,4,6,9H2,1H3. The van der Waals surface area contributed by atoms with Gasteiger partial charge in [-0.2, -0.15) is 0 Å². The molecule has 0 aliphatic carbocycles. The molecule has 5 heteroatoms. The lowest BCUT2D eigenvalue weighted by molar-refractivity contribution is 0.357. The van der Waals surface area contributed by atoms with Gasteiger partial charge in [-0.1, -0.05) is 0 Å². The molecule has 1 aliphatic heterocycles. The van der Waals surface area contributed by atoms with Crippen molar-refractivity contribution in [3.05, 3.63) is 46.7 Å². The smallest absolute Gasteiger partial charge is 0.194 e. The topological polar surface area (TPSA) is 38.6 Å². The van der Waals surface area contributed by atoms with Crippen LogP contribution in [0.15, 0.2) is 29.8 Å². The first-order chi connectivity index (χ1) is 9.81. The lowest BCUT2D eigenvalue weighted by Gasteiger charge is -2.08. The number of hydrogen-bond donors (Lipinski definition) is 1. The molecular formula is C15H15N3OS. The average molecular weight is 285 g/mol. The van der Waals surface area contributed by atoms with E-state index < -0.39 is 0 Å². The molecule has 20 heavy (non-hydrogen) atoms. The largest absolute Gasteiger partial charge is 0.493 e. The van der Waals surface area contributed by atoms with E-state index in [-0.39, 0.29) is 0 Å². The van der Waals surface area contributed by atoms with Crippen LogP contribution in [0, 0.1) is 6.92 Å². The number of aromatic nitrogens is 2. The van der Waals surface area contributed by atoms with Crippen molar-refractivity contribution in [2.45, 2.75) is 19.9 Å². The van der Waals surface area contributed by atoms with Crippen LogP contribution < -0.4 is 10.1 Å². The molecule has 0 saturated heterocycles. The van der Waals surface area contributed by atoms with Crippen molar-refractivity contribution in [3.8, 4) is 5.75 Å². The maximum absolute atomic E-state index is 5.53. The predicted molar refractivity (Wildman–Crippen MR) is 80.8 cm³/mol. The highest BCUT2D eigenvalue weighted by Crippen LogP contribution is 2.28. The Morgan fingerprint density at radius 3 is 3.35 bits per heavy atom. The number of rotatable bonds is 3. The van der Waals surface area contributed by atoms with Gasteiger partial charge >= 0.3 is 0 Å². The van der Waals surface area contributed by atoms with Gasteiger partial charge in [0, 0.05) is 23.7 Å². The first kappa shape index (κ1) is 11.8. The molecule has 4 rings (SSSR count). The summed E-state index contributed by atoms with van der Waals surface area (Å²) in [7, 11) is 0. The lowest BCUT2D eigenvalue weighted by atomic mass is 10.1. The zero-order valence-electron chi connectivity index (χ0n) is 11.2. The Morgan fingerprint density at radius 2 is 2.40 bits per heavy atom. The van der Waals surface area contributed by atoms with E-state index in [0.29, 0.717) is 0 Å². The van der Waals surface area contributed by atoms with Crippen LogP contribution in [0.4, 0.5) is 5.69 Å². The van der Waals surface area contributed by atoms with Gasteiger partial charge in [0.25, 0.3) is 0 Å². The van der Waals surface area contributed by atoms with Crippen molar-refractivity contribution in [3.63, 3.8) is 0 Å². The summed E-state index contributed by atoms with van der Waals surface area (Å²) >= 11 is 1.67. The molecule has 0 radical (unpaired) electrons. The van der Waals surface area contributed by atoms with E-state index in [4.69, 9.17) is 4.74 Å². The van der Waals surface area contributed by atoms with Crippen LogP contribution in [0.1, 0.15) is 17.0 Å². The molecule has 0 amide bonds. The van der Waals surface area contributed by atoms with Gasteiger partial charge in [-0.05, 0) is 30.7 Å². The number of thiazole rings is 1. The highest BCUT2D eigenvalue weighted by molar-refractivity contribution is 7.15. The second-order valence-corrected chi connectivity index (χ2v) is 5.85. The third-order valence-electron chi connectivity index (χ3n) is 3.71. The fraction of sp³-hybridized carbons (Fsp3) is 0.267. The molecule has 3 heterocycles. The van der Waals surface area contributed by atoms with E-state index in [1.807, 2.05) is 6.07 Å². The van der Waals surface area contributed by atoms with Crippen molar-refractivity contribution < 1.29 is 4.74 Å². The van der Waals surface area contributed by atoms with Crippen LogP contribution in [0.2, 0.25) is 0 Å². The highest BCUT2D eigenvalue weighted by Gasteiger charge is 2.13. The van der Waals surface area contributed by atoms with Gasteiger partial charge < -0.3 is 10.1 Å². The number of aryl methyl sites for hydroxylation is 1. The van der Waals surface area contributed by atoms with Crippen molar-refractivity contribution >= 4 is 22.0 Å². The highest BCUT2D eigenvalue weighted by atomic mass is 32.1. The normalized spacial score (nSPS) is 13.4. The Hall–Kier alpha value is -2.01. The first-order valence-electron chi connectivity index (χ1n) is 6.72. The van der Waals surface area contributed by atoms with Gasteiger partial charge in [-0.25, -0.2) is 4.98 Å². The average Bonchev–Trinajstić information content (AvgIpc) is 3.12. The number of benzene rings is 1. The Kier molecular flexibility index (Phi) is 2.67. The number of fused-ring (bicyclic) bond motifs is 2. The molecule has 0 spiro atoms. The SMILES string of the molecule is Cc1nc2sccn2c1CNc1ccc2c(c1)CCO2. The number of ether oxygens (including phenoxy) is 1. The Labute approximate surface area is 121 Å². The van der Waals surface area contributed by atoms with Crippen molar-refractivity contribution in [2.75, 3.05) is 11.9 Å². The molecule has 0 bridgehead atoms. The van der Waals surface area contributed by atoms with Crippen molar-refractivity contribution in [1.82, 2.24) is 9.38 Å². The summed E-state index contributed by atoms with van der Waals surface area (Å²) in [6, 6.07) is 6.31. The second-order valence-electron chi connectivity index (χ2n) is 4.97. The summed E-state index contributed by atoms with van der Waals surface area (Å²) in [5, 5.41) is 5.56. The van der Waals surface area contributed by atoms with Crippen molar-refractivity contribution in [2.24, 2.45) is 0 Å². The minimum Gasteiger partial charge on any atom is -0.493 e. The molecule has 0 fully saturated rings. The van der Waals surface area contributed by atoms with Gasteiger partial charge in [0.05, 0.1) is 24.5 Å². The summed E-state index contributed by atoms with van der Waals surface area (Å²) in [6.07, 6.45) is 3.08. The molecule has 102 valence electrons. The van der Waals surface area contributed by atoms with E-state index in [1.165, 1.54) is 11.3 Å². The summed E-state index contributed by atoms with van der Waals surface area (Å²) in [5.41, 5.74) is 4.74. The van der Waals surface area contributed by atoms with E-state index in [0.717, 1.165) is 41.7 Å². The molecule has 0 unspecified atom stereocenters. The van der Waals surface area contributed by atoms with Crippen LogP contribution >= 0.6 is 11.3 Å². The quantitative estimate of drug-likeness (QED) is 0.803. The van der Waals surface area contributed by atoms with Crippen LogP contribution in [-0.2, 0) is 13.0 Å². The second kappa shape index (κ2) is 4.52. The number of imidazole rings is 1. The van der Waals surface area contributed by atoms with Gasteiger partial charge in [-0.15, -0.1) is 11.3 Å². The molecule has 2 aromatic heterocycles. The van der Waals surface area contributed by atoms with Gasteiger partial charge in [0.1, 0.15) is 5.75 Å². The molecule has 0 saturated carbocycles. The van der Waals surface area contributed by atoms with Gasteiger partial charge in [-0.3, -0.25) is 4.40 Å². The van der Waals surface area contributed by atoms with Gasteiger partial charge in [0.15, 0.2) is 4.96 Å². The minimum atomic E-state index is 0.781. The van der Waals surface area contributed by atoms with E-state index in [2.05, 4.69) is 45.3 Å². The number of hydrogen-bond acceptors (Lipinski definition) is 4. The third-order valence-corrected chi connectivity index (χ3v) is 4.47. The van der Waals surface area contributed by atoms with Gasteiger partial charge in [0.2, 0.25) is 0 Å². The Bertz CT molecular complexity index is 775. The van der Waals surface area contributed by atoms with Crippen LogP contribution in [0.5, 0.6) is 5.75 Å². The van der Waals surface area contributed by atoms with E-state index in [1.54, 1.807) is 11.3 Å². The number of anilines is 1. The van der Waals surface area contributed by atoms with E-state index >= 15 is 0 Å². The zero-order valence-corrected chi connectivity index (χ0v) is 12.0. The molecule has 4 nitrogen and oxygen atoms in total.